The van der Waals surface area contributed by atoms with Gasteiger partial charge < -0.3 is 5.32 Å². The van der Waals surface area contributed by atoms with E-state index in [2.05, 4.69) is 45.6 Å². The van der Waals surface area contributed by atoms with E-state index in [1.807, 2.05) is 6.92 Å². The van der Waals surface area contributed by atoms with E-state index in [0.717, 1.165) is 37.4 Å². The molecular weight excluding hydrogens is 234 g/mol. The lowest BCUT2D eigenvalue weighted by Crippen LogP contribution is -2.10. The van der Waals surface area contributed by atoms with Gasteiger partial charge in [-0.05, 0) is 38.2 Å². The number of anilines is 1. The van der Waals surface area contributed by atoms with Crippen LogP contribution in [-0.2, 0) is 19.3 Å². The molecule has 0 fully saturated rings. The van der Waals surface area contributed by atoms with E-state index in [-0.39, 0.29) is 0 Å². The first-order valence-corrected chi connectivity index (χ1v) is 6.97. The van der Waals surface area contributed by atoms with E-state index in [9.17, 15) is 0 Å². The summed E-state index contributed by atoms with van der Waals surface area (Å²) in [5.74, 6) is 1.93. The van der Waals surface area contributed by atoms with Crippen LogP contribution in [0.25, 0.3) is 0 Å². The summed E-state index contributed by atoms with van der Waals surface area (Å²) in [6.07, 6.45) is 4.45. The molecule has 2 aromatic rings. The van der Waals surface area contributed by atoms with E-state index in [1.165, 1.54) is 23.2 Å². The predicted octanol–water partition coefficient (Wildman–Crippen LogP) is 2.93. The van der Waals surface area contributed by atoms with E-state index >= 15 is 0 Å². The standard InChI is InChI=1S/C16H19N3/c1-12-18-15-9-5-8-14(15)16(19-12)17-11-10-13-6-3-2-4-7-13/h2-4,6-7H,5,8-11H2,1H3,(H,17,18,19). The fraction of sp³-hybridized carbons (Fsp3) is 0.375. The minimum absolute atomic E-state index is 0.878. The Morgan fingerprint density at radius 2 is 1.95 bits per heavy atom. The van der Waals surface area contributed by atoms with Crippen LogP contribution in [0.1, 0.15) is 29.1 Å². The predicted molar refractivity (Wildman–Crippen MR) is 77.4 cm³/mol. The number of hydrogen-bond acceptors (Lipinski definition) is 3. The lowest BCUT2D eigenvalue weighted by molar-refractivity contribution is 0.895. The first-order chi connectivity index (χ1) is 9.33. The van der Waals surface area contributed by atoms with Gasteiger partial charge in [0.1, 0.15) is 11.6 Å². The summed E-state index contributed by atoms with van der Waals surface area (Å²) in [4.78, 5) is 9.08. The van der Waals surface area contributed by atoms with Gasteiger partial charge in [-0.2, -0.15) is 0 Å². The number of fused-ring (bicyclic) bond motifs is 1. The van der Waals surface area contributed by atoms with Gasteiger partial charge in [-0.3, -0.25) is 0 Å². The third-order valence-electron chi connectivity index (χ3n) is 3.59. The number of rotatable bonds is 4. The highest BCUT2D eigenvalue weighted by atomic mass is 15.0. The number of hydrogen-bond donors (Lipinski definition) is 1. The van der Waals surface area contributed by atoms with Crippen molar-refractivity contribution in [3.05, 3.63) is 53.0 Å². The number of nitrogens with zero attached hydrogens (tertiary/aromatic N) is 2. The van der Waals surface area contributed by atoms with Crippen LogP contribution in [0.4, 0.5) is 5.82 Å². The highest BCUT2D eigenvalue weighted by Crippen LogP contribution is 2.25. The van der Waals surface area contributed by atoms with E-state index < -0.39 is 0 Å². The van der Waals surface area contributed by atoms with Crippen LogP contribution < -0.4 is 5.32 Å². The quantitative estimate of drug-likeness (QED) is 0.910. The van der Waals surface area contributed by atoms with E-state index in [1.54, 1.807) is 0 Å². The maximum atomic E-state index is 4.55. The summed E-state index contributed by atoms with van der Waals surface area (Å²) in [6.45, 7) is 2.90. The first-order valence-electron chi connectivity index (χ1n) is 6.97. The largest absolute Gasteiger partial charge is 0.369 e. The number of aryl methyl sites for hydroxylation is 2. The molecule has 3 rings (SSSR count). The summed E-state index contributed by atoms with van der Waals surface area (Å²) in [6, 6.07) is 10.6. The van der Waals surface area contributed by atoms with Gasteiger partial charge in [0.05, 0.1) is 0 Å². The summed E-state index contributed by atoms with van der Waals surface area (Å²) in [5, 5.41) is 3.48. The van der Waals surface area contributed by atoms with Gasteiger partial charge in [-0.15, -0.1) is 0 Å². The van der Waals surface area contributed by atoms with Crippen molar-refractivity contribution >= 4 is 5.82 Å². The molecule has 0 saturated carbocycles. The molecule has 0 aliphatic heterocycles. The van der Waals surface area contributed by atoms with Crippen LogP contribution in [0.2, 0.25) is 0 Å². The topological polar surface area (TPSA) is 37.8 Å². The second kappa shape index (κ2) is 5.39. The first kappa shape index (κ1) is 12.2. The zero-order valence-corrected chi connectivity index (χ0v) is 11.3. The Kier molecular flexibility index (Phi) is 3.45. The van der Waals surface area contributed by atoms with Crippen LogP contribution in [0.3, 0.4) is 0 Å². The molecule has 0 atom stereocenters. The molecule has 0 spiro atoms. The molecular formula is C16H19N3. The van der Waals surface area contributed by atoms with Gasteiger partial charge in [0.15, 0.2) is 0 Å². The Bertz CT molecular complexity index is 564. The molecule has 1 aliphatic carbocycles. The fourth-order valence-corrected chi connectivity index (χ4v) is 2.67. The highest BCUT2D eigenvalue weighted by Gasteiger charge is 2.17. The van der Waals surface area contributed by atoms with Crippen molar-refractivity contribution in [3.63, 3.8) is 0 Å². The molecule has 0 saturated heterocycles. The van der Waals surface area contributed by atoms with Gasteiger partial charge in [-0.1, -0.05) is 30.3 Å². The maximum absolute atomic E-state index is 4.55. The lowest BCUT2D eigenvalue weighted by atomic mass is 10.1. The van der Waals surface area contributed by atoms with E-state index in [4.69, 9.17) is 0 Å². The molecule has 3 nitrogen and oxygen atoms in total. The Morgan fingerprint density at radius 3 is 2.79 bits per heavy atom. The normalized spacial score (nSPS) is 13.3. The van der Waals surface area contributed by atoms with Crippen molar-refractivity contribution in [1.82, 2.24) is 9.97 Å². The Labute approximate surface area is 114 Å². The highest BCUT2D eigenvalue weighted by molar-refractivity contribution is 5.48. The molecule has 1 aromatic heterocycles. The fourth-order valence-electron chi connectivity index (χ4n) is 2.67. The van der Waals surface area contributed by atoms with Crippen LogP contribution in [0, 0.1) is 6.92 Å². The minimum atomic E-state index is 0.878. The van der Waals surface area contributed by atoms with Crippen LogP contribution >= 0.6 is 0 Å². The second-order valence-corrected chi connectivity index (χ2v) is 5.06. The Morgan fingerprint density at radius 1 is 1.11 bits per heavy atom. The molecule has 0 unspecified atom stereocenters. The summed E-state index contributed by atoms with van der Waals surface area (Å²) >= 11 is 0. The van der Waals surface area contributed by atoms with Gasteiger partial charge in [0, 0.05) is 17.8 Å². The van der Waals surface area contributed by atoms with E-state index in [0.29, 0.717) is 0 Å². The minimum Gasteiger partial charge on any atom is -0.369 e. The molecule has 1 N–H and O–H groups in total. The van der Waals surface area contributed by atoms with Gasteiger partial charge in [0.2, 0.25) is 0 Å². The summed E-state index contributed by atoms with van der Waals surface area (Å²) < 4.78 is 0. The van der Waals surface area contributed by atoms with Crippen molar-refractivity contribution in [2.75, 3.05) is 11.9 Å². The van der Waals surface area contributed by atoms with Crippen LogP contribution in [0.5, 0.6) is 0 Å². The average Bonchev–Trinajstić information content (AvgIpc) is 2.88. The molecule has 1 aliphatic rings. The molecule has 0 bridgehead atoms. The van der Waals surface area contributed by atoms with Gasteiger partial charge in [0.25, 0.3) is 0 Å². The van der Waals surface area contributed by atoms with Crippen molar-refractivity contribution in [3.8, 4) is 0 Å². The van der Waals surface area contributed by atoms with Crippen LogP contribution in [-0.4, -0.2) is 16.5 Å². The third-order valence-corrected chi connectivity index (χ3v) is 3.59. The maximum Gasteiger partial charge on any atom is 0.133 e. The molecule has 98 valence electrons. The molecule has 1 heterocycles. The zero-order valence-electron chi connectivity index (χ0n) is 11.3. The molecule has 1 aromatic carbocycles. The number of nitrogens with one attached hydrogen (secondary N) is 1. The van der Waals surface area contributed by atoms with Gasteiger partial charge >= 0.3 is 0 Å². The van der Waals surface area contributed by atoms with Crippen molar-refractivity contribution < 1.29 is 0 Å². The zero-order chi connectivity index (χ0) is 13.1. The SMILES string of the molecule is Cc1nc2c(c(NCCc3ccccc3)n1)CCC2. The van der Waals surface area contributed by atoms with Crippen LogP contribution in [0.15, 0.2) is 30.3 Å². The smallest absolute Gasteiger partial charge is 0.133 e. The third kappa shape index (κ3) is 2.75. The van der Waals surface area contributed by atoms with Gasteiger partial charge in [-0.25, -0.2) is 9.97 Å². The Balaban J connectivity index is 1.67. The van der Waals surface area contributed by atoms with Crippen molar-refractivity contribution in [2.45, 2.75) is 32.6 Å². The van der Waals surface area contributed by atoms with Crippen molar-refractivity contribution in [1.29, 1.82) is 0 Å². The summed E-state index contributed by atoms with van der Waals surface area (Å²) in [7, 11) is 0. The molecule has 0 radical (unpaired) electrons. The number of aromatic nitrogens is 2. The molecule has 3 heteroatoms. The monoisotopic (exact) mass is 253 g/mol. The summed E-state index contributed by atoms with van der Waals surface area (Å²) in [5.41, 5.74) is 3.94. The molecule has 19 heavy (non-hydrogen) atoms. The number of benzene rings is 1. The lowest BCUT2D eigenvalue weighted by Gasteiger charge is -2.11. The average molecular weight is 253 g/mol. The second-order valence-electron chi connectivity index (χ2n) is 5.06. The molecule has 0 amide bonds. The van der Waals surface area contributed by atoms with Crippen molar-refractivity contribution in [2.24, 2.45) is 0 Å². The Hall–Kier alpha value is -1.90.